The molecule has 0 aromatic rings. The molecule has 78 valence electrons. The van der Waals surface area contributed by atoms with Crippen molar-refractivity contribution in [3.05, 3.63) is 0 Å². The zero-order valence-corrected chi connectivity index (χ0v) is 9.02. The van der Waals surface area contributed by atoms with Gasteiger partial charge in [-0.05, 0) is 33.2 Å². The molecule has 0 saturated carbocycles. The van der Waals surface area contributed by atoms with Gasteiger partial charge in [0.25, 0.3) is 0 Å². The fraction of sp³-hybridized carbons (Fsp3) is 0.889. The van der Waals surface area contributed by atoms with Crippen LogP contribution in [0.2, 0.25) is 0 Å². The molecule has 1 fully saturated rings. The molecule has 1 atom stereocenters. The average Bonchev–Trinajstić information content (AvgIpc) is 2.37. The first-order valence-electron chi connectivity index (χ1n) is 4.61. The van der Waals surface area contributed by atoms with Crippen molar-refractivity contribution in [2.75, 3.05) is 6.54 Å². The molecule has 1 unspecified atom stereocenters. The summed E-state index contributed by atoms with van der Waals surface area (Å²) in [4.78, 5) is 11.1. The number of nitrogens with one attached hydrogen (secondary N) is 1. The molecule has 0 bridgehead atoms. The first kappa shape index (κ1) is 12.7. The van der Waals surface area contributed by atoms with Crippen LogP contribution in [0.5, 0.6) is 0 Å². The van der Waals surface area contributed by atoms with Gasteiger partial charge in [-0.1, -0.05) is 0 Å². The lowest BCUT2D eigenvalue weighted by Crippen LogP contribution is -2.26. The zero-order valence-electron chi connectivity index (χ0n) is 8.21. The maximum absolute atomic E-state index is 11.1. The molecule has 4 heteroatoms. The largest absolute Gasteiger partial charge is 0.463 e. The second-order valence-corrected chi connectivity index (χ2v) is 3.54. The van der Waals surface area contributed by atoms with Crippen molar-refractivity contribution >= 4 is 18.4 Å². The Bertz CT molecular complexity index is 156. The first-order chi connectivity index (χ1) is 5.68. The van der Waals surface area contributed by atoms with Crippen molar-refractivity contribution in [1.29, 1.82) is 0 Å². The Morgan fingerprint density at radius 1 is 1.62 bits per heavy atom. The number of esters is 1. The van der Waals surface area contributed by atoms with Gasteiger partial charge >= 0.3 is 5.97 Å². The summed E-state index contributed by atoms with van der Waals surface area (Å²) in [6, 6.07) is 0.358. The van der Waals surface area contributed by atoms with Gasteiger partial charge in [0.05, 0.1) is 12.5 Å². The van der Waals surface area contributed by atoms with Crippen LogP contribution in [-0.4, -0.2) is 24.7 Å². The zero-order chi connectivity index (χ0) is 8.97. The Kier molecular flexibility index (Phi) is 6.08. The van der Waals surface area contributed by atoms with Crippen LogP contribution >= 0.6 is 12.4 Å². The maximum atomic E-state index is 11.1. The number of rotatable bonds is 3. The third-order valence-electron chi connectivity index (χ3n) is 1.94. The fourth-order valence-corrected chi connectivity index (χ4v) is 1.44. The van der Waals surface area contributed by atoms with E-state index in [-0.39, 0.29) is 24.5 Å². The lowest BCUT2D eigenvalue weighted by molar-refractivity contribution is -0.147. The van der Waals surface area contributed by atoms with Crippen LogP contribution < -0.4 is 5.32 Å². The summed E-state index contributed by atoms with van der Waals surface area (Å²) in [5, 5.41) is 3.26. The average molecular weight is 208 g/mol. The van der Waals surface area contributed by atoms with Crippen LogP contribution in [-0.2, 0) is 9.53 Å². The highest BCUT2D eigenvalue weighted by Gasteiger charge is 2.18. The highest BCUT2D eigenvalue weighted by atomic mass is 35.5. The van der Waals surface area contributed by atoms with Gasteiger partial charge in [-0.2, -0.15) is 0 Å². The Hall–Kier alpha value is -0.280. The fourth-order valence-electron chi connectivity index (χ4n) is 1.44. The molecular weight excluding hydrogens is 190 g/mol. The second-order valence-electron chi connectivity index (χ2n) is 3.54. The molecule has 1 aliphatic heterocycles. The number of ether oxygens (including phenoxy) is 1. The number of carbonyl (C=O) groups excluding carboxylic acids is 1. The van der Waals surface area contributed by atoms with Gasteiger partial charge in [-0.3, -0.25) is 4.79 Å². The standard InChI is InChI=1S/C9H17NO2.ClH/c1-7(2)12-9(11)6-8-4-3-5-10-8;/h7-8,10H,3-6H2,1-2H3;1H. The van der Waals surface area contributed by atoms with Gasteiger partial charge in [-0.25, -0.2) is 0 Å². The van der Waals surface area contributed by atoms with Crippen molar-refractivity contribution in [1.82, 2.24) is 5.32 Å². The van der Waals surface area contributed by atoms with Crippen molar-refractivity contribution in [2.24, 2.45) is 0 Å². The van der Waals surface area contributed by atoms with Crippen LogP contribution in [0, 0.1) is 0 Å². The Morgan fingerprint density at radius 3 is 2.77 bits per heavy atom. The monoisotopic (exact) mass is 207 g/mol. The van der Waals surface area contributed by atoms with Gasteiger partial charge in [0.2, 0.25) is 0 Å². The molecule has 3 nitrogen and oxygen atoms in total. The summed E-state index contributed by atoms with van der Waals surface area (Å²) < 4.78 is 5.03. The van der Waals surface area contributed by atoms with Gasteiger partial charge in [0.1, 0.15) is 0 Å². The van der Waals surface area contributed by atoms with Crippen molar-refractivity contribution in [3.63, 3.8) is 0 Å². The minimum atomic E-state index is -0.0793. The van der Waals surface area contributed by atoms with E-state index in [0.717, 1.165) is 13.0 Å². The lowest BCUT2D eigenvalue weighted by Gasteiger charge is -2.11. The van der Waals surface area contributed by atoms with Gasteiger partial charge in [0, 0.05) is 6.04 Å². The number of hydrogen-bond acceptors (Lipinski definition) is 3. The molecule has 0 aromatic heterocycles. The third kappa shape index (κ3) is 5.11. The summed E-state index contributed by atoms with van der Waals surface area (Å²) in [7, 11) is 0. The molecule has 1 N–H and O–H groups in total. The predicted octanol–water partition coefficient (Wildman–Crippen LogP) is 1.50. The molecule has 13 heavy (non-hydrogen) atoms. The highest BCUT2D eigenvalue weighted by molar-refractivity contribution is 5.85. The van der Waals surface area contributed by atoms with Crippen LogP contribution in [0.1, 0.15) is 33.1 Å². The number of hydrogen-bond donors (Lipinski definition) is 1. The molecule has 0 aromatic carbocycles. The van der Waals surface area contributed by atoms with E-state index in [1.165, 1.54) is 6.42 Å². The topological polar surface area (TPSA) is 38.3 Å². The summed E-state index contributed by atoms with van der Waals surface area (Å²) >= 11 is 0. The molecule has 0 aliphatic carbocycles. The molecule has 1 rings (SSSR count). The molecule has 0 spiro atoms. The summed E-state index contributed by atoms with van der Waals surface area (Å²) in [5.41, 5.74) is 0. The minimum absolute atomic E-state index is 0. The van der Waals surface area contributed by atoms with E-state index >= 15 is 0 Å². The van der Waals surface area contributed by atoms with E-state index in [2.05, 4.69) is 5.32 Å². The molecule has 1 saturated heterocycles. The SMILES string of the molecule is CC(C)OC(=O)CC1CCCN1.Cl. The van der Waals surface area contributed by atoms with Gasteiger partial charge in [0.15, 0.2) is 0 Å². The number of halogens is 1. The Morgan fingerprint density at radius 2 is 2.31 bits per heavy atom. The van der Waals surface area contributed by atoms with E-state index in [0.29, 0.717) is 12.5 Å². The normalized spacial score (nSPS) is 21.3. The maximum Gasteiger partial charge on any atom is 0.307 e. The predicted molar refractivity (Wildman–Crippen MR) is 54.1 cm³/mol. The Balaban J connectivity index is 0.00000144. The van der Waals surface area contributed by atoms with Crippen LogP contribution in [0.25, 0.3) is 0 Å². The van der Waals surface area contributed by atoms with Crippen LogP contribution in [0.3, 0.4) is 0 Å². The van der Waals surface area contributed by atoms with Crippen LogP contribution in [0.4, 0.5) is 0 Å². The van der Waals surface area contributed by atoms with Gasteiger partial charge in [-0.15, -0.1) is 12.4 Å². The molecule has 0 amide bonds. The highest BCUT2D eigenvalue weighted by Crippen LogP contribution is 2.09. The first-order valence-corrected chi connectivity index (χ1v) is 4.61. The minimum Gasteiger partial charge on any atom is -0.463 e. The van der Waals surface area contributed by atoms with E-state index in [4.69, 9.17) is 4.74 Å². The smallest absolute Gasteiger partial charge is 0.307 e. The number of carbonyl (C=O) groups is 1. The molecule has 1 heterocycles. The summed E-state index contributed by atoms with van der Waals surface area (Å²) in [5.74, 6) is -0.0793. The van der Waals surface area contributed by atoms with Crippen LogP contribution in [0.15, 0.2) is 0 Å². The Labute approximate surface area is 85.6 Å². The second kappa shape index (κ2) is 6.22. The molecule has 1 aliphatic rings. The summed E-state index contributed by atoms with van der Waals surface area (Å²) in [6.45, 7) is 4.79. The van der Waals surface area contributed by atoms with Crippen molar-refractivity contribution in [3.8, 4) is 0 Å². The van der Waals surface area contributed by atoms with Gasteiger partial charge < -0.3 is 10.1 Å². The van der Waals surface area contributed by atoms with E-state index < -0.39 is 0 Å². The third-order valence-corrected chi connectivity index (χ3v) is 1.94. The summed E-state index contributed by atoms with van der Waals surface area (Å²) in [6.07, 6.45) is 2.82. The molecular formula is C9H18ClNO2. The lowest BCUT2D eigenvalue weighted by atomic mass is 10.2. The van der Waals surface area contributed by atoms with E-state index in [1.54, 1.807) is 0 Å². The van der Waals surface area contributed by atoms with Crippen molar-refractivity contribution < 1.29 is 9.53 Å². The quantitative estimate of drug-likeness (QED) is 0.713. The molecule has 0 radical (unpaired) electrons. The van der Waals surface area contributed by atoms with Crippen molar-refractivity contribution in [2.45, 2.75) is 45.3 Å². The van der Waals surface area contributed by atoms with E-state index in [1.807, 2.05) is 13.8 Å². The van der Waals surface area contributed by atoms with E-state index in [9.17, 15) is 4.79 Å².